The highest BCUT2D eigenvalue weighted by atomic mass is 32.1. The van der Waals surface area contributed by atoms with Gasteiger partial charge in [-0.3, -0.25) is 14.0 Å². The highest BCUT2D eigenvalue weighted by Crippen LogP contribution is 2.17. The third-order valence-corrected chi connectivity index (χ3v) is 4.93. The first kappa shape index (κ1) is 16.4. The third kappa shape index (κ3) is 2.97. The van der Waals surface area contributed by atoms with Gasteiger partial charge in [0.1, 0.15) is 5.69 Å². The molecule has 3 rings (SSSR count). The van der Waals surface area contributed by atoms with Crippen molar-refractivity contribution in [3.8, 4) is 0 Å². The lowest BCUT2D eigenvalue weighted by molar-refractivity contribution is -0.115. The van der Waals surface area contributed by atoms with Crippen molar-refractivity contribution in [1.82, 2.24) is 9.38 Å². The van der Waals surface area contributed by atoms with Crippen LogP contribution >= 0.6 is 11.3 Å². The second-order valence-corrected chi connectivity index (χ2v) is 6.56. The minimum atomic E-state index is -0.214. The summed E-state index contributed by atoms with van der Waals surface area (Å²) >= 11 is 1.44. The predicted molar refractivity (Wildman–Crippen MR) is 97.0 cm³/mol. The number of hydrogen-bond acceptors (Lipinski definition) is 4. The molecule has 0 aliphatic rings. The van der Waals surface area contributed by atoms with Gasteiger partial charge < -0.3 is 5.32 Å². The highest BCUT2D eigenvalue weighted by molar-refractivity contribution is 7.15. The molecule has 6 heteroatoms. The Morgan fingerprint density at radius 2 is 2.04 bits per heavy atom. The van der Waals surface area contributed by atoms with E-state index in [1.807, 2.05) is 43.5 Å². The number of amides is 1. The Labute approximate surface area is 144 Å². The van der Waals surface area contributed by atoms with Gasteiger partial charge in [0.2, 0.25) is 5.91 Å². The number of fused-ring (bicyclic) bond motifs is 1. The van der Waals surface area contributed by atoms with Crippen molar-refractivity contribution in [2.24, 2.45) is 0 Å². The predicted octanol–water partition coefficient (Wildman–Crippen LogP) is 3.12. The quantitative estimate of drug-likeness (QED) is 0.793. The maximum absolute atomic E-state index is 12.8. The molecule has 3 aromatic rings. The summed E-state index contributed by atoms with van der Waals surface area (Å²) in [5, 5.41) is 4.69. The van der Waals surface area contributed by atoms with Crippen LogP contribution in [0, 0.1) is 13.8 Å². The van der Waals surface area contributed by atoms with Crippen molar-refractivity contribution < 1.29 is 4.79 Å². The van der Waals surface area contributed by atoms with E-state index in [0.29, 0.717) is 10.7 Å². The molecule has 2 aromatic heterocycles. The van der Waals surface area contributed by atoms with Crippen LogP contribution in [0.5, 0.6) is 0 Å². The van der Waals surface area contributed by atoms with E-state index in [4.69, 9.17) is 0 Å². The van der Waals surface area contributed by atoms with Crippen LogP contribution in [-0.2, 0) is 17.6 Å². The summed E-state index contributed by atoms with van der Waals surface area (Å²) in [7, 11) is 0. The van der Waals surface area contributed by atoms with Gasteiger partial charge in [-0.2, -0.15) is 0 Å². The number of benzene rings is 1. The zero-order valence-corrected chi connectivity index (χ0v) is 14.7. The Balaban J connectivity index is 1.93. The molecule has 1 N–H and O–H groups in total. The summed E-state index contributed by atoms with van der Waals surface area (Å²) in [6, 6.07) is 7.73. The van der Waals surface area contributed by atoms with Gasteiger partial charge >= 0.3 is 0 Å². The van der Waals surface area contributed by atoms with Gasteiger partial charge in [-0.05, 0) is 31.4 Å². The van der Waals surface area contributed by atoms with Gasteiger partial charge in [-0.25, -0.2) is 4.98 Å². The summed E-state index contributed by atoms with van der Waals surface area (Å²) in [5.41, 5.74) is 3.50. The van der Waals surface area contributed by atoms with Crippen molar-refractivity contribution in [2.45, 2.75) is 33.6 Å². The number of anilines is 1. The van der Waals surface area contributed by atoms with Crippen LogP contribution in [0.25, 0.3) is 4.96 Å². The van der Waals surface area contributed by atoms with Crippen LogP contribution in [0.4, 0.5) is 5.69 Å². The Kier molecular flexibility index (Phi) is 4.49. The first-order valence-electron chi connectivity index (χ1n) is 7.85. The Morgan fingerprint density at radius 3 is 2.75 bits per heavy atom. The fourth-order valence-electron chi connectivity index (χ4n) is 2.66. The molecule has 0 spiro atoms. The van der Waals surface area contributed by atoms with E-state index in [2.05, 4.69) is 10.3 Å². The van der Waals surface area contributed by atoms with E-state index in [9.17, 15) is 9.59 Å². The number of nitrogens with one attached hydrogen (secondary N) is 1. The van der Waals surface area contributed by atoms with E-state index in [0.717, 1.165) is 23.2 Å². The molecule has 2 heterocycles. The highest BCUT2D eigenvalue weighted by Gasteiger charge is 2.16. The summed E-state index contributed by atoms with van der Waals surface area (Å²) in [6.45, 7) is 5.70. The number of nitrogens with zero attached hydrogens (tertiary/aromatic N) is 2. The summed E-state index contributed by atoms with van der Waals surface area (Å²) in [4.78, 5) is 30.3. The first-order valence-corrected chi connectivity index (χ1v) is 8.73. The third-order valence-electron chi connectivity index (χ3n) is 4.06. The normalized spacial score (nSPS) is 11.0. The number of carbonyl (C=O) groups is 1. The van der Waals surface area contributed by atoms with Crippen molar-refractivity contribution >= 4 is 27.9 Å². The number of thiazole rings is 1. The molecular formula is C18H19N3O2S. The van der Waals surface area contributed by atoms with Gasteiger partial charge in [-0.15, -0.1) is 11.3 Å². The van der Waals surface area contributed by atoms with Crippen LogP contribution in [-0.4, -0.2) is 15.3 Å². The summed E-state index contributed by atoms with van der Waals surface area (Å²) < 4.78 is 1.58. The van der Waals surface area contributed by atoms with E-state index in [-0.39, 0.29) is 23.6 Å². The summed E-state index contributed by atoms with van der Waals surface area (Å²) in [5.74, 6) is -0.209. The minimum absolute atomic E-state index is 0.209. The lowest BCUT2D eigenvalue weighted by Crippen LogP contribution is -2.26. The fraction of sp³-hybridized carbons (Fsp3) is 0.278. The Morgan fingerprint density at radius 1 is 1.29 bits per heavy atom. The zero-order valence-electron chi connectivity index (χ0n) is 13.9. The van der Waals surface area contributed by atoms with Crippen molar-refractivity contribution in [2.75, 3.05) is 5.32 Å². The summed E-state index contributed by atoms with van der Waals surface area (Å²) in [6.07, 6.45) is 0.972. The molecule has 0 fully saturated rings. The molecule has 124 valence electrons. The molecule has 1 amide bonds. The second kappa shape index (κ2) is 6.57. The lowest BCUT2D eigenvalue weighted by Gasteiger charge is -2.09. The van der Waals surface area contributed by atoms with E-state index in [1.165, 1.54) is 11.3 Å². The molecule has 5 nitrogen and oxygen atoms in total. The largest absolute Gasteiger partial charge is 0.320 e. The monoisotopic (exact) mass is 341 g/mol. The van der Waals surface area contributed by atoms with Crippen LogP contribution in [0.2, 0.25) is 0 Å². The Hall–Kier alpha value is -2.47. The van der Waals surface area contributed by atoms with Crippen LogP contribution in [0.3, 0.4) is 0 Å². The van der Waals surface area contributed by atoms with Crippen molar-refractivity contribution in [1.29, 1.82) is 0 Å². The second-order valence-electron chi connectivity index (χ2n) is 5.73. The zero-order chi connectivity index (χ0) is 17.3. The minimum Gasteiger partial charge on any atom is -0.320 e. The molecular weight excluding hydrogens is 322 g/mol. The van der Waals surface area contributed by atoms with Crippen molar-refractivity contribution in [3.05, 3.63) is 62.5 Å². The SMILES string of the molecule is CCc1csc2nc(C)c(NC(=O)Cc3ccccc3C)c(=O)n12. The average Bonchev–Trinajstić information content (AvgIpc) is 2.96. The smallest absolute Gasteiger partial charge is 0.282 e. The lowest BCUT2D eigenvalue weighted by atomic mass is 10.1. The van der Waals surface area contributed by atoms with Crippen LogP contribution in [0.1, 0.15) is 29.4 Å². The van der Waals surface area contributed by atoms with Crippen LogP contribution < -0.4 is 10.9 Å². The van der Waals surface area contributed by atoms with Gasteiger partial charge in [0.25, 0.3) is 5.56 Å². The van der Waals surface area contributed by atoms with Crippen LogP contribution in [0.15, 0.2) is 34.4 Å². The molecule has 1 aromatic carbocycles. The first-order chi connectivity index (χ1) is 11.5. The standard InChI is InChI=1S/C18H19N3O2S/c1-4-14-10-24-18-19-12(3)16(17(23)21(14)18)20-15(22)9-13-8-6-5-7-11(13)2/h5-8,10H,4,9H2,1-3H3,(H,20,22). The molecule has 24 heavy (non-hydrogen) atoms. The van der Waals surface area contributed by atoms with E-state index in [1.54, 1.807) is 11.3 Å². The maximum atomic E-state index is 12.8. The van der Waals surface area contributed by atoms with Gasteiger partial charge in [0, 0.05) is 11.1 Å². The number of rotatable bonds is 4. The number of aryl methyl sites for hydroxylation is 3. The molecule has 0 atom stereocenters. The average molecular weight is 341 g/mol. The van der Waals surface area contributed by atoms with E-state index >= 15 is 0 Å². The maximum Gasteiger partial charge on any atom is 0.282 e. The molecule has 0 bridgehead atoms. The number of aromatic nitrogens is 2. The Bertz CT molecular complexity index is 972. The van der Waals surface area contributed by atoms with Gasteiger partial charge in [-0.1, -0.05) is 31.2 Å². The van der Waals surface area contributed by atoms with Gasteiger partial charge in [0.15, 0.2) is 4.96 Å². The molecule has 0 saturated carbocycles. The fourth-order valence-corrected chi connectivity index (χ4v) is 3.67. The molecule has 0 aliphatic heterocycles. The topological polar surface area (TPSA) is 63.5 Å². The van der Waals surface area contributed by atoms with Crippen molar-refractivity contribution in [3.63, 3.8) is 0 Å². The number of carbonyl (C=O) groups excluding carboxylic acids is 1. The van der Waals surface area contributed by atoms with E-state index < -0.39 is 0 Å². The molecule has 0 saturated heterocycles. The van der Waals surface area contributed by atoms with Gasteiger partial charge in [0.05, 0.1) is 12.1 Å². The number of hydrogen-bond donors (Lipinski definition) is 1. The molecule has 0 unspecified atom stereocenters. The molecule has 0 radical (unpaired) electrons. The molecule has 0 aliphatic carbocycles.